The van der Waals surface area contributed by atoms with Gasteiger partial charge in [0.05, 0.1) is 0 Å². The zero-order chi connectivity index (χ0) is 3.41. The normalized spacial score (nSPS) is 7.25. The average molecular weight is 94.2 g/mol. The molecule has 0 bridgehead atoms. The third-order valence-corrected chi connectivity index (χ3v) is 0.439. The monoisotopic (exact) mass is 94.0 g/mol. The molecule has 0 rings (SSSR count). The predicted octanol–water partition coefficient (Wildman–Crippen LogP) is 0.783. The van der Waals surface area contributed by atoms with Crippen LogP contribution in [0, 0.1) is 0 Å². The fourth-order valence-electron chi connectivity index (χ4n) is 0. The van der Waals surface area contributed by atoms with Crippen LogP contribution in [0.1, 0.15) is 0 Å². The van der Waals surface area contributed by atoms with Gasteiger partial charge in [0.2, 0.25) is 0 Å². The van der Waals surface area contributed by atoms with Crippen LogP contribution in [0.4, 0.5) is 0 Å². The Morgan fingerprint density at radius 1 is 2.00 bits per heavy atom. The van der Waals surface area contributed by atoms with Gasteiger partial charge in [-0.3, -0.25) is 4.57 Å². The van der Waals surface area contributed by atoms with Crippen LogP contribution in [0.15, 0.2) is 0 Å². The summed E-state index contributed by atoms with van der Waals surface area (Å²) in [6.07, 6.45) is 0.208. The van der Waals surface area contributed by atoms with Crippen molar-refractivity contribution in [2.24, 2.45) is 0 Å². The highest BCUT2D eigenvalue weighted by Gasteiger charge is 1.66. The van der Waals surface area contributed by atoms with Gasteiger partial charge in [-0.25, -0.2) is 0 Å². The zero-order valence-corrected chi connectivity index (χ0v) is 3.59. The van der Waals surface area contributed by atoms with Gasteiger partial charge in [-0.2, -0.15) is 11.5 Å². The first-order chi connectivity index (χ1) is 1.91. The van der Waals surface area contributed by atoms with Crippen molar-refractivity contribution in [3.8, 4) is 0 Å². The lowest BCUT2D eigenvalue weighted by Gasteiger charge is -1.41. The van der Waals surface area contributed by atoms with Crippen LogP contribution in [0.25, 0.3) is 0 Å². The fraction of sp³-hybridized carbons (Fsp3) is 0. The van der Waals surface area contributed by atoms with Crippen molar-refractivity contribution in [2.45, 2.75) is 0 Å². The summed E-state index contributed by atoms with van der Waals surface area (Å²) in [6, 6.07) is 0. The minimum atomic E-state index is 0.0139. The largest absolute Gasteiger partial charge is 0.343 e. The Labute approximate surface area is 31.7 Å². The van der Waals surface area contributed by atoms with Crippen LogP contribution in [-0.2, 0) is 4.57 Å². The number of rotatable bonds is 1. The highest BCUT2D eigenvalue weighted by molar-refractivity contribution is 7.70. The summed E-state index contributed by atoms with van der Waals surface area (Å²) in [4.78, 5) is 0. The van der Waals surface area contributed by atoms with Crippen molar-refractivity contribution in [2.75, 3.05) is 0 Å². The molecule has 0 spiro atoms. The molecule has 0 fully saturated rings. The summed E-state index contributed by atoms with van der Waals surface area (Å²) in [5.41, 5.74) is 0. The maximum atomic E-state index is 9.14. The van der Waals surface area contributed by atoms with Crippen LogP contribution in [0.3, 0.4) is 0 Å². The molecule has 0 aliphatic carbocycles. The molecule has 4 heteroatoms. The molecule has 0 amide bonds. The van der Waals surface area contributed by atoms with E-state index in [0.29, 0.717) is 0 Å². The van der Waals surface area contributed by atoms with Crippen molar-refractivity contribution >= 4 is 26.2 Å². The summed E-state index contributed by atoms with van der Waals surface area (Å²) in [7, 11) is 0.0139. The molecule has 0 saturated heterocycles. The molecule has 0 aromatic rings. The summed E-state index contributed by atoms with van der Waals surface area (Å²) in [5, 5.41) is 0. The van der Waals surface area contributed by atoms with Crippen molar-refractivity contribution in [3.63, 3.8) is 0 Å². The molecular weight excluding hydrogens is 93.2 g/mol. The van der Waals surface area contributed by atoms with E-state index in [1.807, 2.05) is 0 Å². The molecule has 1 nitrogen and oxygen atoms in total. The molecule has 0 heterocycles. The molecule has 0 N–H and O–H groups in total. The molecule has 0 aromatic heterocycles. The minimum absolute atomic E-state index is 0.0139. The fourth-order valence-corrected chi connectivity index (χ4v) is 0. The topological polar surface area (TPSA) is 17.1 Å². The van der Waals surface area contributed by atoms with Gasteiger partial charge in [0.25, 0.3) is 0 Å². The quantitative estimate of drug-likeness (QED) is 0.347. The second-order valence-electron chi connectivity index (χ2n) is 0.249. The van der Waals surface area contributed by atoms with E-state index >= 15 is 0 Å². The van der Waals surface area contributed by atoms with Crippen molar-refractivity contribution < 1.29 is 4.57 Å². The smallest absolute Gasteiger partial charge is 0.287 e. The molecule has 0 aromatic carbocycles. The van der Waals surface area contributed by atoms with E-state index in [2.05, 4.69) is 0 Å². The number of halogens is 1. The van der Waals surface area contributed by atoms with E-state index in [1.165, 1.54) is 0 Å². The molecule has 22 valence electrons. The first kappa shape index (κ1) is 4.45. The summed E-state index contributed by atoms with van der Waals surface area (Å²) < 4.78 is 9.14. The van der Waals surface area contributed by atoms with Crippen molar-refractivity contribution in [3.05, 3.63) is 0 Å². The highest BCUT2D eigenvalue weighted by Crippen LogP contribution is 1.85. The van der Waals surface area contributed by atoms with Gasteiger partial charge in [-0.05, 0) is 0 Å². The second kappa shape index (κ2) is 3.45. The van der Waals surface area contributed by atoms with E-state index < -0.39 is 0 Å². The Morgan fingerprint density at radius 2 is 2.25 bits per heavy atom. The Bertz CT molecular complexity index is 22.0. The maximum Gasteiger partial charge on any atom is 0.343 e. The lowest BCUT2D eigenvalue weighted by molar-refractivity contribution is 0.605. The van der Waals surface area contributed by atoms with Crippen molar-refractivity contribution in [1.82, 2.24) is 0 Å². The van der Waals surface area contributed by atoms with E-state index in [9.17, 15) is 0 Å². The van der Waals surface area contributed by atoms with Gasteiger partial charge in [-0.15, -0.1) is 0 Å². The molecule has 0 aliphatic rings. The third-order valence-electron chi connectivity index (χ3n) is 0.0488. The summed E-state index contributed by atoms with van der Waals surface area (Å²) in [6.45, 7) is 0. The molecule has 4 heavy (non-hydrogen) atoms. The summed E-state index contributed by atoms with van der Waals surface area (Å²) in [5.74, 6) is 0. The maximum absolute atomic E-state index is 9.14. The minimum Gasteiger partial charge on any atom is -0.287 e. The lowest BCUT2D eigenvalue weighted by atomic mass is 10.7. The Hall–Kier alpha value is 0.455. The molecule has 0 radical (unpaired) electrons. The van der Waals surface area contributed by atoms with E-state index in [0.717, 1.165) is 0 Å². The molecular formula is HBClOP. The van der Waals surface area contributed by atoms with Gasteiger partial charge >= 0.3 is 6.41 Å². The van der Waals surface area contributed by atoms with E-state index in [-0.39, 0.29) is 14.8 Å². The van der Waals surface area contributed by atoms with E-state index in [1.54, 1.807) is 0 Å². The zero-order valence-electron chi connectivity index (χ0n) is 1.94. The van der Waals surface area contributed by atoms with Gasteiger partial charge in [0.15, 0.2) is 0 Å². The van der Waals surface area contributed by atoms with Crippen LogP contribution >= 0.6 is 19.8 Å². The van der Waals surface area contributed by atoms with Gasteiger partial charge in [0, 0.05) is 0 Å². The molecule has 0 atom stereocenters. The number of hydrogen-bond acceptors (Lipinski definition) is 1. The van der Waals surface area contributed by atoms with Crippen molar-refractivity contribution in [1.29, 1.82) is 0 Å². The first-order valence-corrected chi connectivity index (χ1v) is 2.30. The SMILES string of the molecule is O=PBCl. The average Bonchev–Trinajstić information content (AvgIpc) is 1.37. The van der Waals surface area contributed by atoms with E-state index in [4.69, 9.17) is 16.0 Å². The Balaban J connectivity index is 2.30. The molecule has 0 aliphatic heterocycles. The van der Waals surface area contributed by atoms with Gasteiger partial charge in [-0.1, -0.05) is 0 Å². The van der Waals surface area contributed by atoms with Crippen LogP contribution in [-0.4, -0.2) is 6.41 Å². The second-order valence-corrected chi connectivity index (χ2v) is 1.46. The molecule has 0 unspecified atom stereocenters. The third kappa shape index (κ3) is 2.45. The van der Waals surface area contributed by atoms with Crippen LogP contribution < -0.4 is 0 Å². The predicted molar refractivity (Wildman–Crippen MR) is 20.6 cm³/mol. The lowest BCUT2D eigenvalue weighted by Crippen LogP contribution is -1.40. The highest BCUT2D eigenvalue weighted by atomic mass is 35.5. The Morgan fingerprint density at radius 3 is 2.25 bits per heavy atom. The molecule has 0 saturated carbocycles. The van der Waals surface area contributed by atoms with Gasteiger partial charge in [0.1, 0.15) is 8.34 Å². The van der Waals surface area contributed by atoms with Crippen LogP contribution in [0.5, 0.6) is 0 Å². The van der Waals surface area contributed by atoms with Crippen LogP contribution in [0.2, 0.25) is 0 Å². The van der Waals surface area contributed by atoms with Gasteiger partial charge < -0.3 is 0 Å². The first-order valence-electron chi connectivity index (χ1n) is 0.766. The summed E-state index contributed by atoms with van der Waals surface area (Å²) >= 11 is 4.86. The standard InChI is InChI=1S/BClHOP/c2-1-4-3/h1H. The Kier molecular flexibility index (Phi) is 3.85. The number of hydrogen-bond donors (Lipinski definition) is 0.